The van der Waals surface area contributed by atoms with Gasteiger partial charge in [0, 0.05) is 18.6 Å². The quantitative estimate of drug-likeness (QED) is 0.632. The SMILES string of the molecule is Cc1ccc(C2(Cl)CC2)c(CN(NC2CC2)C2CC2)c1. The fraction of sp³-hybridized carbons (Fsp3) is 0.647. The number of hydrogen-bond acceptors (Lipinski definition) is 2. The van der Waals surface area contributed by atoms with Crippen LogP contribution in [-0.2, 0) is 11.4 Å². The van der Waals surface area contributed by atoms with Crippen molar-refractivity contribution in [3.8, 4) is 0 Å². The monoisotopic (exact) mass is 290 g/mol. The number of nitrogens with one attached hydrogen (secondary N) is 1. The van der Waals surface area contributed by atoms with Crippen molar-refractivity contribution in [1.29, 1.82) is 0 Å². The lowest BCUT2D eigenvalue weighted by molar-refractivity contribution is 0.162. The molecule has 0 unspecified atom stereocenters. The average molecular weight is 291 g/mol. The highest BCUT2D eigenvalue weighted by molar-refractivity contribution is 6.26. The Bertz CT molecular complexity index is 516. The van der Waals surface area contributed by atoms with E-state index in [1.165, 1.54) is 42.4 Å². The molecule has 0 heterocycles. The predicted molar refractivity (Wildman–Crippen MR) is 82.7 cm³/mol. The van der Waals surface area contributed by atoms with Crippen LogP contribution in [0.4, 0.5) is 0 Å². The minimum Gasteiger partial charge on any atom is -0.252 e. The van der Waals surface area contributed by atoms with Gasteiger partial charge in [-0.3, -0.25) is 5.43 Å². The van der Waals surface area contributed by atoms with Crippen molar-refractivity contribution >= 4 is 11.6 Å². The van der Waals surface area contributed by atoms with Gasteiger partial charge in [-0.15, -0.1) is 11.6 Å². The van der Waals surface area contributed by atoms with E-state index < -0.39 is 0 Å². The maximum atomic E-state index is 6.68. The number of halogens is 1. The van der Waals surface area contributed by atoms with Crippen LogP contribution < -0.4 is 5.43 Å². The highest BCUT2D eigenvalue weighted by atomic mass is 35.5. The van der Waals surface area contributed by atoms with E-state index in [9.17, 15) is 0 Å². The molecule has 0 atom stereocenters. The van der Waals surface area contributed by atoms with Crippen LogP contribution in [0.3, 0.4) is 0 Å². The van der Waals surface area contributed by atoms with E-state index in [0.717, 1.165) is 31.5 Å². The number of aryl methyl sites for hydroxylation is 1. The third-order valence-corrected chi connectivity index (χ3v) is 5.27. The van der Waals surface area contributed by atoms with E-state index >= 15 is 0 Å². The smallest absolute Gasteiger partial charge is 0.0699 e. The first-order chi connectivity index (χ1) is 9.64. The molecule has 3 aliphatic carbocycles. The largest absolute Gasteiger partial charge is 0.252 e. The third-order valence-electron chi connectivity index (χ3n) is 4.69. The van der Waals surface area contributed by atoms with Crippen molar-refractivity contribution in [3.05, 3.63) is 34.9 Å². The Labute approximate surface area is 126 Å². The molecule has 3 heteroatoms. The van der Waals surface area contributed by atoms with E-state index in [2.05, 4.69) is 35.6 Å². The first kappa shape index (κ1) is 13.1. The van der Waals surface area contributed by atoms with Crippen LogP contribution >= 0.6 is 11.6 Å². The van der Waals surface area contributed by atoms with Crippen molar-refractivity contribution in [2.45, 2.75) is 69.0 Å². The molecule has 20 heavy (non-hydrogen) atoms. The average Bonchev–Trinajstić information content (AvgIpc) is 3.21. The molecule has 0 aliphatic heterocycles. The maximum Gasteiger partial charge on any atom is 0.0699 e. The molecule has 0 bridgehead atoms. The van der Waals surface area contributed by atoms with Crippen LogP contribution in [-0.4, -0.2) is 17.1 Å². The number of alkyl halides is 1. The Hall–Kier alpha value is -0.570. The minimum absolute atomic E-state index is 0.0577. The molecule has 0 aromatic heterocycles. The van der Waals surface area contributed by atoms with Gasteiger partial charge in [0.05, 0.1) is 4.87 Å². The van der Waals surface area contributed by atoms with E-state index in [1.807, 2.05) is 0 Å². The summed E-state index contributed by atoms with van der Waals surface area (Å²) in [5, 5.41) is 2.48. The summed E-state index contributed by atoms with van der Waals surface area (Å²) >= 11 is 6.68. The molecule has 1 aromatic carbocycles. The van der Waals surface area contributed by atoms with Crippen LogP contribution in [0.1, 0.15) is 55.2 Å². The van der Waals surface area contributed by atoms with Crippen molar-refractivity contribution in [2.75, 3.05) is 0 Å². The normalized spacial score (nSPS) is 24.1. The zero-order valence-electron chi connectivity index (χ0n) is 12.2. The molecule has 0 spiro atoms. The van der Waals surface area contributed by atoms with Crippen molar-refractivity contribution < 1.29 is 0 Å². The predicted octanol–water partition coefficient (Wildman–Crippen LogP) is 3.85. The lowest BCUT2D eigenvalue weighted by atomic mass is 10.00. The Morgan fingerprint density at radius 1 is 1.25 bits per heavy atom. The summed E-state index contributed by atoms with van der Waals surface area (Å²) in [6, 6.07) is 8.27. The van der Waals surface area contributed by atoms with Gasteiger partial charge in [-0.2, -0.15) is 0 Å². The van der Waals surface area contributed by atoms with Crippen LogP contribution in [0.15, 0.2) is 18.2 Å². The van der Waals surface area contributed by atoms with E-state index in [1.54, 1.807) is 0 Å². The topological polar surface area (TPSA) is 15.3 Å². The number of hydrogen-bond donors (Lipinski definition) is 1. The molecule has 0 radical (unpaired) electrons. The summed E-state index contributed by atoms with van der Waals surface area (Å²) in [4.78, 5) is -0.0577. The van der Waals surface area contributed by atoms with Gasteiger partial charge in [-0.1, -0.05) is 23.8 Å². The van der Waals surface area contributed by atoms with Gasteiger partial charge in [-0.25, -0.2) is 5.01 Å². The molecule has 3 aliphatic rings. The summed E-state index contributed by atoms with van der Waals surface area (Å²) in [6.45, 7) is 3.18. The van der Waals surface area contributed by atoms with Gasteiger partial charge < -0.3 is 0 Å². The molecule has 2 nitrogen and oxygen atoms in total. The number of hydrazine groups is 1. The molecular formula is C17H23ClN2. The Balaban J connectivity index is 1.57. The Morgan fingerprint density at radius 2 is 2.00 bits per heavy atom. The lowest BCUT2D eigenvalue weighted by Gasteiger charge is -2.25. The Morgan fingerprint density at radius 3 is 2.60 bits per heavy atom. The van der Waals surface area contributed by atoms with E-state index in [-0.39, 0.29) is 4.87 Å². The molecule has 3 fully saturated rings. The minimum atomic E-state index is -0.0577. The van der Waals surface area contributed by atoms with Gasteiger partial charge in [0.2, 0.25) is 0 Å². The standard InChI is InChI=1S/C17H23ClN2/c1-12-2-7-16(17(18)8-9-17)13(10-12)11-20(15-5-6-15)19-14-3-4-14/h2,7,10,14-15,19H,3-6,8-9,11H2,1H3. The van der Waals surface area contributed by atoms with Crippen molar-refractivity contribution in [3.63, 3.8) is 0 Å². The van der Waals surface area contributed by atoms with Crippen molar-refractivity contribution in [1.82, 2.24) is 10.4 Å². The molecule has 0 amide bonds. The number of benzene rings is 1. The second kappa shape index (κ2) is 4.72. The molecule has 1 N–H and O–H groups in total. The molecule has 108 valence electrons. The number of nitrogens with zero attached hydrogens (tertiary/aromatic N) is 1. The van der Waals surface area contributed by atoms with Gasteiger partial charge in [0.25, 0.3) is 0 Å². The van der Waals surface area contributed by atoms with Crippen LogP contribution in [0.5, 0.6) is 0 Å². The first-order valence-corrected chi connectivity index (χ1v) is 8.34. The summed E-state index contributed by atoms with van der Waals surface area (Å²) < 4.78 is 0. The van der Waals surface area contributed by atoms with Crippen LogP contribution in [0.2, 0.25) is 0 Å². The fourth-order valence-electron chi connectivity index (χ4n) is 2.97. The molecular weight excluding hydrogens is 268 g/mol. The van der Waals surface area contributed by atoms with Crippen molar-refractivity contribution in [2.24, 2.45) is 0 Å². The first-order valence-electron chi connectivity index (χ1n) is 7.96. The summed E-state index contributed by atoms with van der Waals surface area (Å²) in [6.07, 6.45) is 7.61. The van der Waals surface area contributed by atoms with Gasteiger partial charge in [0.15, 0.2) is 0 Å². The summed E-state index contributed by atoms with van der Waals surface area (Å²) in [7, 11) is 0. The highest BCUT2D eigenvalue weighted by Gasteiger charge is 2.44. The molecule has 1 aromatic rings. The highest BCUT2D eigenvalue weighted by Crippen LogP contribution is 2.53. The van der Waals surface area contributed by atoms with Crippen LogP contribution in [0.25, 0.3) is 0 Å². The molecule has 3 saturated carbocycles. The molecule has 4 rings (SSSR count). The fourth-order valence-corrected chi connectivity index (χ4v) is 3.25. The summed E-state index contributed by atoms with van der Waals surface area (Å²) in [5.41, 5.74) is 7.85. The molecule has 0 saturated heterocycles. The van der Waals surface area contributed by atoms with Gasteiger partial charge in [-0.05, 0) is 56.6 Å². The van der Waals surface area contributed by atoms with E-state index in [4.69, 9.17) is 11.6 Å². The lowest BCUT2D eigenvalue weighted by Crippen LogP contribution is -2.41. The zero-order valence-corrected chi connectivity index (χ0v) is 12.9. The second-order valence-corrected chi connectivity index (χ2v) is 7.61. The van der Waals surface area contributed by atoms with E-state index in [0.29, 0.717) is 0 Å². The third kappa shape index (κ3) is 2.74. The van der Waals surface area contributed by atoms with Gasteiger partial charge >= 0.3 is 0 Å². The zero-order chi connectivity index (χ0) is 13.7. The summed E-state index contributed by atoms with van der Waals surface area (Å²) in [5.74, 6) is 0. The maximum absolute atomic E-state index is 6.68. The second-order valence-electron chi connectivity index (χ2n) is 6.89. The van der Waals surface area contributed by atoms with Gasteiger partial charge in [0.1, 0.15) is 0 Å². The Kier molecular flexibility index (Phi) is 3.10. The number of rotatable bonds is 6. The van der Waals surface area contributed by atoms with Crippen LogP contribution in [0, 0.1) is 6.92 Å².